The van der Waals surface area contributed by atoms with Crippen molar-refractivity contribution in [3.05, 3.63) is 29.8 Å². The summed E-state index contributed by atoms with van der Waals surface area (Å²) < 4.78 is 0. The third-order valence-corrected chi connectivity index (χ3v) is 3.51. The summed E-state index contributed by atoms with van der Waals surface area (Å²) in [5.41, 5.74) is 6.57. The maximum atomic E-state index is 11.2. The molecule has 0 heterocycles. The molecule has 0 radical (unpaired) electrons. The van der Waals surface area contributed by atoms with E-state index >= 15 is 0 Å². The normalized spacial score (nSPS) is 10.3. The average Bonchev–Trinajstić information content (AvgIpc) is 2.37. The fraction of sp³-hybridized carbons (Fsp3) is 0.500. The predicted molar refractivity (Wildman–Crippen MR) is 77.6 cm³/mol. The first-order valence-corrected chi connectivity index (χ1v) is 7.42. The highest BCUT2D eigenvalue weighted by atomic mass is 32.2. The number of hydrazine groups is 1. The van der Waals surface area contributed by atoms with Crippen LogP contribution in [0.1, 0.15) is 31.7 Å². The van der Waals surface area contributed by atoms with Crippen molar-refractivity contribution in [1.82, 2.24) is 10.9 Å². The number of carbonyl (C=O) groups is 1. The van der Waals surface area contributed by atoms with Crippen molar-refractivity contribution in [2.24, 2.45) is 0 Å². The molecule has 0 saturated heterocycles. The number of nitrogens with one attached hydrogen (secondary N) is 2. The van der Waals surface area contributed by atoms with Crippen LogP contribution < -0.4 is 10.9 Å². The van der Waals surface area contributed by atoms with Gasteiger partial charge in [0.05, 0.1) is 0 Å². The highest BCUT2D eigenvalue weighted by molar-refractivity contribution is 7.99. The minimum atomic E-state index is 0.0622. The Hall–Kier alpha value is -1.00. The SMILES string of the molecule is CCSc1ccc(CCCCC(=O)NNC)cc1. The Morgan fingerprint density at radius 2 is 1.94 bits per heavy atom. The number of amides is 1. The lowest BCUT2D eigenvalue weighted by Gasteiger charge is -2.04. The predicted octanol–water partition coefficient (Wildman–Crippen LogP) is 2.76. The molecular weight excluding hydrogens is 244 g/mol. The Bertz CT molecular complexity index is 351. The van der Waals surface area contributed by atoms with Gasteiger partial charge in [-0.15, -0.1) is 11.8 Å². The van der Waals surface area contributed by atoms with Crippen LogP contribution in [0, 0.1) is 0 Å². The Kier molecular flexibility index (Phi) is 7.53. The van der Waals surface area contributed by atoms with Crippen LogP contribution in [-0.4, -0.2) is 18.7 Å². The molecule has 0 saturated carbocycles. The van der Waals surface area contributed by atoms with E-state index in [1.54, 1.807) is 7.05 Å². The number of hydrogen-bond donors (Lipinski definition) is 2. The van der Waals surface area contributed by atoms with E-state index in [1.165, 1.54) is 10.5 Å². The summed E-state index contributed by atoms with van der Waals surface area (Å²) in [6, 6.07) is 8.73. The van der Waals surface area contributed by atoms with Crippen LogP contribution >= 0.6 is 11.8 Å². The summed E-state index contributed by atoms with van der Waals surface area (Å²) in [5, 5.41) is 0. The summed E-state index contributed by atoms with van der Waals surface area (Å²) in [5.74, 6) is 1.17. The molecule has 1 aromatic carbocycles. The molecule has 1 amide bonds. The molecular formula is C14H22N2OS. The zero-order chi connectivity index (χ0) is 13.2. The average molecular weight is 266 g/mol. The number of carbonyl (C=O) groups excluding carboxylic acids is 1. The summed E-state index contributed by atoms with van der Waals surface area (Å²) in [6.45, 7) is 2.16. The van der Waals surface area contributed by atoms with Crippen LogP contribution in [0.5, 0.6) is 0 Å². The van der Waals surface area contributed by atoms with E-state index in [0.29, 0.717) is 6.42 Å². The van der Waals surface area contributed by atoms with E-state index in [-0.39, 0.29) is 5.91 Å². The van der Waals surface area contributed by atoms with Gasteiger partial charge in [-0.1, -0.05) is 19.1 Å². The molecule has 0 unspecified atom stereocenters. The second kappa shape index (κ2) is 9.00. The van der Waals surface area contributed by atoms with E-state index in [1.807, 2.05) is 11.8 Å². The number of unbranched alkanes of at least 4 members (excludes halogenated alkanes) is 1. The van der Waals surface area contributed by atoms with Crippen LogP contribution in [0.3, 0.4) is 0 Å². The van der Waals surface area contributed by atoms with Crippen molar-refractivity contribution in [1.29, 1.82) is 0 Å². The van der Waals surface area contributed by atoms with Gasteiger partial charge in [0.2, 0.25) is 5.91 Å². The number of hydrogen-bond acceptors (Lipinski definition) is 3. The van der Waals surface area contributed by atoms with Crippen molar-refractivity contribution in [3.63, 3.8) is 0 Å². The number of rotatable bonds is 8. The fourth-order valence-electron chi connectivity index (χ4n) is 1.74. The molecule has 18 heavy (non-hydrogen) atoms. The van der Waals surface area contributed by atoms with Crippen LogP contribution in [-0.2, 0) is 11.2 Å². The lowest BCUT2D eigenvalue weighted by atomic mass is 10.1. The van der Waals surface area contributed by atoms with Crippen molar-refractivity contribution >= 4 is 17.7 Å². The number of benzene rings is 1. The molecule has 0 spiro atoms. The van der Waals surface area contributed by atoms with Crippen molar-refractivity contribution in [3.8, 4) is 0 Å². The van der Waals surface area contributed by atoms with Gasteiger partial charge in [0.25, 0.3) is 0 Å². The first-order chi connectivity index (χ1) is 8.76. The standard InChI is InChI=1S/C14H22N2OS/c1-3-18-13-10-8-12(9-11-13)6-4-5-7-14(17)16-15-2/h8-11,15H,3-7H2,1-2H3,(H,16,17). The van der Waals surface area contributed by atoms with E-state index in [0.717, 1.165) is 25.0 Å². The highest BCUT2D eigenvalue weighted by Gasteiger charge is 2.00. The maximum Gasteiger partial charge on any atom is 0.234 e. The first kappa shape index (κ1) is 15.1. The van der Waals surface area contributed by atoms with Crippen LogP contribution in [0.2, 0.25) is 0 Å². The molecule has 0 aliphatic carbocycles. The Balaban J connectivity index is 2.21. The Morgan fingerprint density at radius 3 is 2.56 bits per heavy atom. The topological polar surface area (TPSA) is 41.1 Å². The Labute approximate surface area is 114 Å². The second-order valence-corrected chi connectivity index (χ2v) is 5.42. The van der Waals surface area contributed by atoms with Crippen molar-refractivity contribution < 1.29 is 4.79 Å². The third-order valence-electron chi connectivity index (χ3n) is 2.62. The molecule has 3 nitrogen and oxygen atoms in total. The maximum absolute atomic E-state index is 11.2. The molecule has 0 aliphatic rings. The zero-order valence-corrected chi connectivity index (χ0v) is 12.0. The van der Waals surface area contributed by atoms with E-state index in [4.69, 9.17) is 0 Å². The lowest BCUT2D eigenvalue weighted by Crippen LogP contribution is -2.33. The molecule has 0 aromatic heterocycles. The smallest absolute Gasteiger partial charge is 0.234 e. The third kappa shape index (κ3) is 6.07. The van der Waals surface area contributed by atoms with Gasteiger partial charge < -0.3 is 0 Å². The van der Waals surface area contributed by atoms with Gasteiger partial charge in [-0.2, -0.15) is 0 Å². The molecule has 100 valence electrons. The van der Waals surface area contributed by atoms with Crippen molar-refractivity contribution in [2.45, 2.75) is 37.5 Å². The van der Waals surface area contributed by atoms with Gasteiger partial charge in [-0.25, -0.2) is 5.43 Å². The van der Waals surface area contributed by atoms with E-state index in [2.05, 4.69) is 42.0 Å². The quantitative estimate of drug-likeness (QED) is 0.432. The lowest BCUT2D eigenvalue weighted by molar-refractivity contribution is -0.122. The zero-order valence-electron chi connectivity index (χ0n) is 11.2. The van der Waals surface area contributed by atoms with Gasteiger partial charge in [-0.3, -0.25) is 10.2 Å². The molecule has 0 aliphatic heterocycles. The van der Waals surface area contributed by atoms with Crippen LogP contribution in [0.25, 0.3) is 0 Å². The Morgan fingerprint density at radius 1 is 1.22 bits per heavy atom. The van der Waals surface area contributed by atoms with Gasteiger partial charge in [-0.05, 0) is 42.7 Å². The molecule has 2 N–H and O–H groups in total. The molecule has 0 atom stereocenters. The number of aryl methyl sites for hydroxylation is 1. The summed E-state index contributed by atoms with van der Waals surface area (Å²) in [7, 11) is 1.70. The number of thioether (sulfide) groups is 1. The van der Waals surface area contributed by atoms with Gasteiger partial charge in [0.1, 0.15) is 0 Å². The summed E-state index contributed by atoms with van der Waals surface area (Å²) in [4.78, 5) is 12.5. The largest absolute Gasteiger partial charge is 0.292 e. The minimum absolute atomic E-state index is 0.0622. The summed E-state index contributed by atoms with van der Waals surface area (Å²) in [6.07, 6.45) is 3.62. The molecule has 1 rings (SSSR count). The van der Waals surface area contributed by atoms with E-state index in [9.17, 15) is 4.79 Å². The van der Waals surface area contributed by atoms with Crippen LogP contribution in [0.4, 0.5) is 0 Å². The van der Waals surface area contributed by atoms with Crippen LogP contribution in [0.15, 0.2) is 29.2 Å². The van der Waals surface area contributed by atoms with Gasteiger partial charge in [0.15, 0.2) is 0 Å². The van der Waals surface area contributed by atoms with E-state index < -0.39 is 0 Å². The molecule has 1 aromatic rings. The van der Waals surface area contributed by atoms with Gasteiger partial charge >= 0.3 is 0 Å². The molecule has 4 heteroatoms. The monoisotopic (exact) mass is 266 g/mol. The van der Waals surface area contributed by atoms with Gasteiger partial charge in [0, 0.05) is 18.4 Å². The molecule has 0 fully saturated rings. The minimum Gasteiger partial charge on any atom is -0.292 e. The summed E-state index contributed by atoms with van der Waals surface area (Å²) >= 11 is 1.86. The van der Waals surface area contributed by atoms with Crippen molar-refractivity contribution in [2.75, 3.05) is 12.8 Å². The highest BCUT2D eigenvalue weighted by Crippen LogP contribution is 2.18. The fourth-order valence-corrected chi connectivity index (χ4v) is 2.40. The molecule has 0 bridgehead atoms. The first-order valence-electron chi connectivity index (χ1n) is 6.43. The second-order valence-electron chi connectivity index (χ2n) is 4.08.